The molecule has 2 aliphatic carbocycles. The second-order valence-corrected chi connectivity index (χ2v) is 7.38. The third kappa shape index (κ3) is 2.95. The first-order valence-corrected chi connectivity index (χ1v) is 8.68. The first kappa shape index (κ1) is 14.9. The van der Waals surface area contributed by atoms with Crippen molar-refractivity contribution in [1.82, 2.24) is 0 Å². The van der Waals surface area contributed by atoms with Crippen LogP contribution in [0.25, 0.3) is 0 Å². The Bertz CT molecular complexity index is 462. The van der Waals surface area contributed by atoms with E-state index in [1.165, 1.54) is 25.7 Å². The summed E-state index contributed by atoms with van der Waals surface area (Å²) < 4.78 is 5.51. The van der Waals surface area contributed by atoms with Crippen LogP contribution in [0.2, 0.25) is 0 Å². The van der Waals surface area contributed by atoms with Crippen molar-refractivity contribution in [3.63, 3.8) is 0 Å². The molecule has 2 nitrogen and oxygen atoms in total. The van der Waals surface area contributed by atoms with Gasteiger partial charge in [0.1, 0.15) is 6.10 Å². The molecule has 4 unspecified atom stereocenters. The minimum absolute atomic E-state index is 0.00676. The molecule has 116 valence electrons. The number of carbonyl (C=O) groups is 1. The molecule has 0 aromatic carbocycles. The Morgan fingerprint density at radius 2 is 2.19 bits per heavy atom. The van der Waals surface area contributed by atoms with Gasteiger partial charge in [-0.05, 0) is 67.8 Å². The molecule has 3 rings (SSSR count). The summed E-state index contributed by atoms with van der Waals surface area (Å²) in [7, 11) is 0. The van der Waals surface area contributed by atoms with Crippen LogP contribution in [0.3, 0.4) is 0 Å². The summed E-state index contributed by atoms with van der Waals surface area (Å²) in [4.78, 5) is 11.4. The fraction of sp³-hybridized carbons (Fsp3) is 0.737. The molecule has 0 N–H and O–H groups in total. The number of ether oxygens (including phenoxy) is 1. The van der Waals surface area contributed by atoms with E-state index in [1.54, 1.807) is 5.57 Å². The fourth-order valence-electron chi connectivity index (χ4n) is 4.66. The van der Waals surface area contributed by atoms with Crippen LogP contribution in [0.1, 0.15) is 65.2 Å². The minimum atomic E-state index is 0.00676. The lowest BCUT2D eigenvalue weighted by molar-refractivity contribution is -0.154. The van der Waals surface area contributed by atoms with E-state index in [0.29, 0.717) is 23.7 Å². The number of esters is 1. The SMILES string of the molecule is CC1C=CC2=CCCCC2(C)C1CCC1CCCC(=O)O1. The maximum absolute atomic E-state index is 11.4. The van der Waals surface area contributed by atoms with Crippen LogP contribution in [0, 0.1) is 17.3 Å². The largest absolute Gasteiger partial charge is 0.462 e. The Labute approximate surface area is 128 Å². The van der Waals surface area contributed by atoms with Crippen LogP contribution in [-0.2, 0) is 9.53 Å². The van der Waals surface area contributed by atoms with Crippen molar-refractivity contribution in [2.45, 2.75) is 71.3 Å². The lowest BCUT2D eigenvalue weighted by atomic mass is 9.58. The van der Waals surface area contributed by atoms with Gasteiger partial charge in [0, 0.05) is 6.42 Å². The molecule has 3 aliphatic rings. The molecular formula is C19H28O2. The van der Waals surface area contributed by atoms with Crippen molar-refractivity contribution < 1.29 is 9.53 Å². The van der Waals surface area contributed by atoms with Crippen LogP contribution in [0.15, 0.2) is 23.8 Å². The van der Waals surface area contributed by atoms with Crippen molar-refractivity contribution >= 4 is 5.97 Å². The summed E-state index contributed by atoms with van der Waals surface area (Å²) in [6.45, 7) is 4.81. The molecule has 1 heterocycles. The first-order chi connectivity index (χ1) is 10.1. The summed E-state index contributed by atoms with van der Waals surface area (Å²) in [5.41, 5.74) is 1.89. The lowest BCUT2D eigenvalue weighted by Gasteiger charge is -2.47. The summed E-state index contributed by atoms with van der Waals surface area (Å²) in [5, 5.41) is 0. The molecule has 0 radical (unpaired) electrons. The van der Waals surface area contributed by atoms with Crippen molar-refractivity contribution in [1.29, 1.82) is 0 Å². The topological polar surface area (TPSA) is 26.3 Å². The fourth-order valence-corrected chi connectivity index (χ4v) is 4.66. The Kier molecular flexibility index (Phi) is 4.24. The van der Waals surface area contributed by atoms with Crippen molar-refractivity contribution in [2.75, 3.05) is 0 Å². The summed E-state index contributed by atoms with van der Waals surface area (Å²) in [6.07, 6.45) is 16.1. The number of cyclic esters (lactones) is 1. The van der Waals surface area contributed by atoms with E-state index >= 15 is 0 Å². The predicted molar refractivity (Wildman–Crippen MR) is 84.8 cm³/mol. The predicted octanol–water partition coefficient (Wildman–Crippen LogP) is 4.80. The maximum atomic E-state index is 11.4. The van der Waals surface area contributed by atoms with Gasteiger partial charge in [-0.2, -0.15) is 0 Å². The van der Waals surface area contributed by atoms with Gasteiger partial charge in [0.15, 0.2) is 0 Å². The van der Waals surface area contributed by atoms with Crippen LogP contribution in [0.5, 0.6) is 0 Å². The van der Waals surface area contributed by atoms with Gasteiger partial charge in [0.05, 0.1) is 0 Å². The average molecular weight is 288 g/mol. The van der Waals surface area contributed by atoms with E-state index in [4.69, 9.17) is 4.74 Å². The van der Waals surface area contributed by atoms with Gasteiger partial charge in [-0.1, -0.05) is 32.1 Å². The van der Waals surface area contributed by atoms with Crippen molar-refractivity contribution in [2.24, 2.45) is 17.3 Å². The zero-order valence-electron chi connectivity index (χ0n) is 13.4. The molecule has 21 heavy (non-hydrogen) atoms. The molecule has 2 heteroatoms. The van der Waals surface area contributed by atoms with Gasteiger partial charge in [0.25, 0.3) is 0 Å². The highest BCUT2D eigenvalue weighted by molar-refractivity contribution is 5.70. The molecule has 1 saturated heterocycles. The molecule has 0 spiro atoms. The first-order valence-electron chi connectivity index (χ1n) is 8.68. The third-order valence-electron chi connectivity index (χ3n) is 5.96. The molecule has 0 amide bonds. The summed E-state index contributed by atoms with van der Waals surface area (Å²) >= 11 is 0. The van der Waals surface area contributed by atoms with E-state index in [-0.39, 0.29) is 12.1 Å². The Hall–Kier alpha value is -1.05. The third-order valence-corrected chi connectivity index (χ3v) is 5.96. The monoisotopic (exact) mass is 288 g/mol. The maximum Gasteiger partial charge on any atom is 0.306 e. The van der Waals surface area contributed by atoms with Crippen molar-refractivity contribution in [3.05, 3.63) is 23.8 Å². The smallest absolute Gasteiger partial charge is 0.306 e. The average Bonchev–Trinajstić information content (AvgIpc) is 2.46. The summed E-state index contributed by atoms with van der Waals surface area (Å²) in [5.74, 6) is 1.33. The molecule has 0 saturated carbocycles. The van der Waals surface area contributed by atoms with E-state index in [2.05, 4.69) is 32.1 Å². The van der Waals surface area contributed by atoms with Crippen LogP contribution in [-0.4, -0.2) is 12.1 Å². The number of rotatable bonds is 3. The van der Waals surface area contributed by atoms with Gasteiger partial charge in [0.2, 0.25) is 0 Å². The van der Waals surface area contributed by atoms with E-state index < -0.39 is 0 Å². The van der Waals surface area contributed by atoms with E-state index in [9.17, 15) is 4.79 Å². The molecule has 0 aromatic heterocycles. The normalized spacial score (nSPS) is 39.4. The van der Waals surface area contributed by atoms with Gasteiger partial charge in [-0.15, -0.1) is 0 Å². The Balaban J connectivity index is 1.68. The molecule has 0 bridgehead atoms. The van der Waals surface area contributed by atoms with E-state index in [1.807, 2.05) is 0 Å². The van der Waals surface area contributed by atoms with E-state index in [0.717, 1.165) is 19.3 Å². The highest BCUT2D eigenvalue weighted by Crippen LogP contribution is 2.52. The number of carbonyl (C=O) groups excluding carboxylic acids is 1. The lowest BCUT2D eigenvalue weighted by Crippen LogP contribution is -2.38. The Morgan fingerprint density at radius 3 is 3.00 bits per heavy atom. The van der Waals surface area contributed by atoms with Crippen LogP contribution < -0.4 is 0 Å². The second-order valence-electron chi connectivity index (χ2n) is 7.38. The van der Waals surface area contributed by atoms with Gasteiger partial charge >= 0.3 is 5.97 Å². The zero-order valence-corrected chi connectivity index (χ0v) is 13.4. The molecule has 4 atom stereocenters. The molecule has 1 fully saturated rings. The standard InChI is InChI=1S/C19H28O2/c1-14-9-10-15-6-3-4-13-19(15,2)17(14)12-11-16-7-5-8-18(20)21-16/h6,9-10,14,16-17H,3-5,7-8,11-13H2,1-2H3. The van der Waals surface area contributed by atoms with Crippen LogP contribution in [0.4, 0.5) is 0 Å². The number of hydrogen-bond acceptors (Lipinski definition) is 2. The second kappa shape index (κ2) is 5.98. The quantitative estimate of drug-likeness (QED) is 0.697. The molecule has 1 aliphatic heterocycles. The molecule has 0 aromatic rings. The highest BCUT2D eigenvalue weighted by Gasteiger charge is 2.42. The highest BCUT2D eigenvalue weighted by atomic mass is 16.5. The Morgan fingerprint density at radius 1 is 1.33 bits per heavy atom. The number of fused-ring (bicyclic) bond motifs is 1. The zero-order chi connectivity index (χ0) is 14.9. The summed E-state index contributed by atoms with van der Waals surface area (Å²) in [6, 6.07) is 0. The molecular weight excluding hydrogens is 260 g/mol. The van der Waals surface area contributed by atoms with Crippen LogP contribution >= 0.6 is 0 Å². The number of allylic oxidation sites excluding steroid dienone is 4. The van der Waals surface area contributed by atoms with Gasteiger partial charge in [-0.25, -0.2) is 0 Å². The minimum Gasteiger partial charge on any atom is -0.462 e. The van der Waals surface area contributed by atoms with Gasteiger partial charge < -0.3 is 4.74 Å². The van der Waals surface area contributed by atoms with Crippen molar-refractivity contribution in [3.8, 4) is 0 Å². The number of hydrogen-bond donors (Lipinski definition) is 0. The van der Waals surface area contributed by atoms with Gasteiger partial charge in [-0.3, -0.25) is 4.79 Å².